The topological polar surface area (TPSA) is 50.3 Å². The van der Waals surface area contributed by atoms with Crippen LogP contribution < -0.4 is 4.90 Å². The van der Waals surface area contributed by atoms with Crippen LogP contribution in [-0.2, 0) is 16.3 Å². The van der Waals surface area contributed by atoms with Gasteiger partial charge in [-0.05, 0) is 43.0 Å². The lowest BCUT2D eigenvalue weighted by molar-refractivity contribution is 0.529. The van der Waals surface area contributed by atoms with E-state index in [0.29, 0.717) is 25.9 Å². The smallest absolute Gasteiger partial charge is 0.185 e. The third-order valence-corrected chi connectivity index (χ3v) is 9.28. The van der Waals surface area contributed by atoms with E-state index in [1.54, 1.807) is 11.3 Å². The van der Waals surface area contributed by atoms with Gasteiger partial charge in [0.25, 0.3) is 0 Å². The van der Waals surface area contributed by atoms with Crippen LogP contribution in [0.1, 0.15) is 31.7 Å². The third-order valence-electron chi connectivity index (χ3n) is 5.63. The lowest BCUT2D eigenvalue weighted by Crippen LogP contribution is -2.39. The molecule has 0 spiro atoms. The van der Waals surface area contributed by atoms with Crippen molar-refractivity contribution >= 4 is 37.9 Å². The second-order valence-corrected chi connectivity index (χ2v) is 11.2. The fourth-order valence-corrected chi connectivity index (χ4v) is 7.07. The number of hydrogen-bond donors (Lipinski definition) is 0. The molecule has 2 heterocycles. The van der Waals surface area contributed by atoms with Crippen LogP contribution in [0, 0.1) is 5.82 Å². The van der Waals surface area contributed by atoms with Gasteiger partial charge in [0.1, 0.15) is 5.82 Å². The molecule has 2 aromatic carbocycles. The normalized spacial score (nSPS) is 15.4. The summed E-state index contributed by atoms with van der Waals surface area (Å²) in [7, 11) is -3.60. The molecule has 0 aliphatic carbocycles. The van der Waals surface area contributed by atoms with Crippen molar-refractivity contribution in [3.05, 3.63) is 64.2 Å². The van der Waals surface area contributed by atoms with E-state index in [4.69, 9.17) is 16.6 Å². The Labute approximate surface area is 191 Å². The summed E-state index contributed by atoms with van der Waals surface area (Å²) in [6.45, 7) is 3.37. The second-order valence-electron chi connectivity index (χ2n) is 7.77. The van der Waals surface area contributed by atoms with Gasteiger partial charge >= 0.3 is 0 Å². The predicted molar refractivity (Wildman–Crippen MR) is 125 cm³/mol. The average Bonchev–Trinajstić information content (AvgIpc) is 3.25. The highest BCUT2D eigenvalue weighted by Gasteiger charge is 2.33. The Morgan fingerprint density at radius 2 is 1.87 bits per heavy atom. The Morgan fingerprint density at radius 3 is 2.52 bits per heavy atom. The van der Waals surface area contributed by atoms with Gasteiger partial charge in [0.2, 0.25) is 0 Å². The number of nitrogens with zero attached hydrogens (tertiary/aromatic N) is 2. The van der Waals surface area contributed by atoms with Crippen molar-refractivity contribution in [3.8, 4) is 11.3 Å². The van der Waals surface area contributed by atoms with Gasteiger partial charge in [0.15, 0.2) is 15.0 Å². The number of thiazole rings is 1. The molecule has 1 aliphatic heterocycles. The average molecular weight is 479 g/mol. The lowest BCUT2D eigenvalue weighted by Gasteiger charge is -2.31. The molecule has 1 fully saturated rings. The number of anilines is 1. The van der Waals surface area contributed by atoms with Crippen molar-refractivity contribution in [1.29, 1.82) is 0 Å². The lowest BCUT2D eigenvalue weighted by atomic mass is 10.1. The molecule has 0 radical (unpaired) electrons. The van der Waals surface area contributed by atoms with E-state index in [9.17, 15) is 12.8 Å². The summed E-state index contributed by atoms with van der Waals surface area (Å²) in [6.07, 6.45) is 3.16. The fourth-order valence-electron chi connectivity index (χ4n) is 3.92. The van der Waals surface area contributed by atoms with Crippen LogP contribution in [0.25, 0.3) is 11.3 Å². The number of benzene rings is 2. The Kier molecular flexibility index (Phi) is 6.65. The summed E-state index contributed by atoms with van der Waals surface area (Å²) >= 11 is 7.59. The van der Waals surface area contributed by atoms with Gasteiger partial charge in [-0.25, -0.2) is 17.8 Å². The molecule has 0 amide bonds. The first-order valence-electron chi connectivity index (χ1n) is 10.4. The van der Waals surface area contributed by atoms with Crippen molar-refractivity contribution in [2.45, 2.75) is 42.8 Å². The van der Waals surface area contributed by atoms with E-state index < -0.39 is 20.9 Å². The standard InChI is InChI=1S/C23H24ClFN2O2S2/c1-2-3-16-4-6-17(7-5-16)21-15-30-23(26-21)27-12-10-19(11-13-27)31(28,29)22-9-8-18(25)14-20(22)24/h4-9,14-15,19H,2-3,10-13H2,1H3. The molecular weight excluding hydrogens is 455 g/mol. The SMILES string of the molecule is CCCc1ccc(-c2csc(N3CCC(S(=O)(=O)c4ccc(F)cc4Cl)CC3)n2)cc1. The molecule has 4 rings (SSSR count). The maximum atomic E-state index is 13.3. The predicted octanol–water partition coefficient (Wildman–Crippen LogP) is 6.00. The molecule has 0 unspecified atom stereocenters. The van der Waals surface area contributed by atoms with E-state index in [2.05, 4.69) is 36.1 Å². The molecule has 1 saturated heterocycles. The Balaban J connectivity index is 1.43. The van der Waals surface area contributed by atoms with Gasteiger partial charge in [0, 0.05) is 24.0 Å². The minimum atomic E-state index is -3.60. The van der Waals surface area contributed by atoms with Gasteiger partial charge in [0.05, 0.1) is 20.9 Å². The molecule has 8 heteroatoms. The van der Waals surface area contributed by atoms with Crippen LogP contribution in [-0.4, -0.2) is 31.7 Å². The highest BCUT2D eigenvalue weighted by Crippen LogP contribution is 2.33. The van der Waals surface area contributed by atoms with Crippen LogP contribution in [0.5, 0.6) is 0 Å². The molecule has 31 heavy (non-hydrogen) atoms. The first-order valence-corrected chi connectivity index (χ1v) is 13.2. The van der Waals surface area contributed by atoms with Gasteiger partial charge in [-0.15, -0.1) is 11.3 Å². The summed E-state index contributed by atoms with van der Waals surface area (Å²) < 4.78 is 39.3. The van der Waals surface area contributed by atoms with Crippen LogP contribution in [0.3, 0.4) is 0 Å². The zero-order chi connectivity index (χ0) is 22.0. The monoisotopic (exact) mass is 478 g/mol. The highest BCUT2D eigenvalue weighted by molar-refractivity contribution is 7.92. The summed E-state index contributed by atoms with van der Waals surface area (Å²) in [4.78, 5) is 6.93. The van der Waals surface area contributed by atoms with Crippen LogP contribution in [0.2, 0.25) is 5.02 Å². The molecule has 0 N–H and O–H groups in total. The molecule has 4 nitrogen and oxygen atoms in total. The van der Waals surface area contributed by atoms with Crippen LogP contribution >= 0.6 is 22.9 Å². The van der Waals surface area contributed by atoms with Gasteiger partial charge in [-0.3, -0.25) is 0 Å². The number of halogens is 2. The molecular formula is C23H24ClFN2O2S2. The number of sulfone groups is 1. The summed E-state index contributed by atoms with van der Waals surface area (Å²) in [5, 5.41) is 2.36. The minimum absolute atomic E-state index is 0.0112. The van der Waals surface area contributed by atoms with Crippen molar-refractivity contribution in [2.24, 2.45) is 0 Å². The van der Waals surface area contributed by atoms with E-state index in [1.807, 2.05) is 5.38 Å². The van der Waals surface area contributed by atoms with Crippen molar-refractivity contribution in [3.63, 3.8) is 0 Å². The quantitative estimate of drug-likeness (QED) is 0.408. The van der Waals surface area contributed by atoms with Gasteiger partial charge < -0.3 is 4.90 Å². The summed E-state index contributed by atoms with van der Waals surface area (Å²) in [6, 6.07) is 12.0. The Morgan fingerprint density at radius 1 is 1.16 bits per heavy atom. The first-order chi connectivity index (χ1) is 14.9. The number of aromatic nitrogens is 1. The summed E-state index contributed by atoms with van der Waals surface area (Å²) in [5.41, 5.74) is 3.35. The third kappa shape index (κ3) is 4.78. The van der Waals surface area contributed by atoms with Crippen molar-refractivity contribution < 1.29 is 12.8 Å². The molecule has 1 aromatic heterocycles. The van der Waals surface area contributed by atoms with E-state index >= 15 is 0 Å². The maximum absolute atomic E-state index is 13.3. The summed E-state index contributed by atoms with van der Waals surface area (Å²) in [5.74, 6) is -0.543. The molecule has 1 aliphatic rings. The number of hydrogen-bond acceptors (Lipinski definition) is 5. The van der Waals surface area contributed by atoms with Crippen LogP contribution in [0.4, 0.5) is 9.52 Å². The minimum Gasteiger partial charge on any atom is -0.348 e. The first kappa shape index (κ1) is 22.2. The van der Waals surface area contributed by atoms with E-state index in [1.165, 1.54) is 11.6 Å². The van der Waals surface area contributed by atoms with Gasteiger partial charge in [-0.2, -0.15) is 0 Å². The molecule has 0 saturated carbocycles. The maximum Gasteiger partial charge on any atom is 0.185 e. The molecule has 3 aromatic rings. The number of aryl methyl sites for hydroxylation is 1. The van der Waals surface area contributed by atoms with Gasteiger partial charge in [-0.1, -0.05) is 49.2 Å². The van der Waals surface area contributed by atoms with Crippen LogP contribution in [0.15, 0.2) is 52.7 Å². The van der Waals surface area contributed by atoms with Crippen molar-refractivity contribution in [1.82, 2.24) is 4.98 Å². The molecule has 0 atom stereocenters. The largest absolute Gasteiger partial charge is 0.348 e. The molecule has 0 bridgehead atoms. The Hall–Kier alpha value is -1.96. The highest BCUT2D eigenvalue weighted by atomic mass is 35.5. The number of rotatable bonds is 6. The fraction of sp³-hybridized carbons (Fsp3) is 0.348. The van der Waals surface area contributed by atoms with E-state index in [-0.39, 0.29) is 9.92 Å². The van der Waals surface area contributed by atoms with Crippen molar-refractivity contribution in [2.75, 3.05) is 18.0 Å². The van der Waals surface area contributed by atoms with E-state index in [0.717, 1.165) is 41.4 Å². The zero-order valence-corrected chi connectivity index (χ0v) is 19.6. The zero-order valence-electron chi connectivity index (χ0n) is 17.2. The second kappa shape index (κ2) is 9.27. The molecule has 164 valence electrons. The Bertz CT molecular complexity index is 1150. The number of piperidine rings is 1.